The molecule has 242 valence electrons. The van der Waals surface area contributed by atoms with E-state index >= 15 is 0 Å². The summed E-state index contributed by atoms with van der Waals surface area (Å²) in [6, 6.07) is 69.2. The molecule has 0 fully saturated rings. The van der Waals surface area contributed by atoms with Crippen LogP contribution in [0.2, 0.25) is 0 Å². The van der Waals surface area contributed by atoms with Gasteiger partial charge in [0.25, 0.3) is 0 Å². The monoisotopic (exact) mass is 660 g/mol. The second-order valence-electron chi connectivity index (χ2n) is 13.4. The third-order valence-electron chi connectivity index (χ3n) is 10.2. The Morgan fingerprint density at radius 1 is 0.250 bits per heavy atom. The van der Waals surface area contributed by atoms with E-state index in [0.29, 0.717) is 0 Å². The zero-order valence-electron chi connectivity index (χ0n) is 28.4. The second kappa shape index (κ2) is 12.5. The fraction of sp³-hybridized carbons (Fsp3) is 0. The molecule has 8 aromatic carbocycles. The number of rotatable bonds is 5. The molecule has 0 saturated heterocycles. The number of nitrogens with zero attached hydrogens (tertiary/aromatic N) is 2. The Bertz CT molecular complexity index is 2920. The van der Waals surface area contributed by atoms with E-state index in [9.17, 15) is 0 Å². The third-order valence-corrected chi connectivity index (χ3v) is 10.2. The Balaban J connectivity index is 1.09. The van der Waals surface area contributed by atoms with E-state index in [2.05, 4.69) is 194 Å². The first-order valence-corrected chi connectivity index (χ1v) is 17.7. The lowest BCUT2D eigenvalue weighted by molar-refractivity contribution is 1.39. The normalized spacial score (nSPS) is 11.5. The first-order valence-electron chi connectivity index (χ1n) is 17.7. The summed E-state index contributed by atoms with van der Waals surface area (Å²) in [5.74, 6) is 0. The lowest BCUT2D eigenvalue weighted by Gasteiger charge is -2.14. The number of hydrogen-bond acceptors (Lipinski definition) is 2. The van der Waals surface area contributed by atoms with Crippen LogP contribution in [0.5, 0.6) is 0 Å². The maximum atomic E-state index is 5.39. The van der Waals surface area contributed by atoms with Gasteiger partial charge in [-0.2, -0.15) is 0 Å². The molecule has 0 saturated carbocycles. The van der Waals surface area contributed by atoms with Gasteiger partial charge in [0, 0.05) is 32.7 Å². The van der Waals surface area contributed by atoms with Gasteiger partial charge in [-0.25, -0.2) is 9.97 Å². The van der Waals surface area contributed by atoms with Gasteiger partial charge in [-0.05, 0) is 68.4 Å². The highest BCUT2D eigenvalue weighted by Crippen LogP contribution is 2.38. The summed E-state index contributed by atoms with van der Waals surface area (Å²) in [6.45, 7) is 0. The second-order valence-corrected chi connectivity index (χ2v) is 13.4. The van der Waals surface area contributed by atoms with E-state index in [1.54, 1.807) is 0 Å². The Labute approximate surface area is 302 Å². The minimum absolute atomic E-state index is 0.946. The van der Waals surface area contributed by atoms with Crippen molar-refractivity contribution in [1.29, 1.82) is 0 Å². The standard InChI is InChI=1S/C50H32N2/c1-4-10-33(11-5-1)41-24-17-36-16-23-40-27-29-47(51-49(40)45(36)30-41)38-19-21-39(22-20-38)48-32-44(35-14-8-3-9-15-35)43-28-26-37-18-25-42(31-46(37)50(43)52-48)34-12-6-2-7-13-34/h1-32H. The van der Waals surface area contributed by atoms with E-state index in [1.165, 1.54) is 44.2 Å². The Morgan fingerprint density at radius 2 is 0.692 bits per heavy atom. The van der Waals surface area contributed by atoms with E-state index in [-0.39, 0.29) is 0 Å². The van der Waals surface area contributed by atoms with Crippen LogP contribution in [0.4, 0.5) is 0 Å². The molecule has 52 heavy (non-hydrogen) atoms. The van der Waals surface area contributed by atoms with Crippen molar-refractivity contribution in [3.8, 4) is 55.9 Å². The molecule has 0 amide bonds. The average Bonchev–Trinajstić information content (AvgIpc) is 3.23. The van der Waals surface area contributed by atoms with Crippen LogP contribution in [-0.2, 0) is 0 Å². The summed E-state index contributed by atoms with van der Waals surface area (Å²) < 4.78 is 0. The molecule has 2 heterocycles. The predicted octanol–water partition coefficient (Wildman–Crippen LogP) is 13.4. The third kappa shape index (κ3) is 5.30. The maximum Gasteiger partial charge on any atom is 0.0794 e. The molecule has 0 aliphatic carbocycles. The highest BCUT2D eigenvalue weighted by molar-refractivity contribution is 6.12. The fourth-order valence-electron chi connectivity index (χ4n) is 7.51. The van der Waals surface area contributed by atoms with Crippen molar-refractivity contribution >= 4 is 43.4 Å². The van der Waals surface area contributed by atoms with Crippen molar-refractivity contribution in [1.82, 2.24) is 9.97 Å². The van der Waals surface area contributed by atoms with Gasteiger partial charge in [0.05, 0.1) is 22.4 Å². The van der Waals surface area contributed by atoms with Gasteiger partial charge in [-0.3, -0.25) is 0 Å². The van der Waals surface area contributed by atoms with Gasteiger partial charge in [-0.1, -0.05) is 170 Å². The van der Waals surface area contributed by atoms with Crippen LogP contribution >= 0.6 is 0 Å². The van der Waals surface area contributed by atoms with Gasteiger partial charge in [0.1, 0.15) is 0 Å². The van der Waals surface area contributed by atoms with Crippen molar-refractivity contribution < 1.29 is 0 Å². The molecule has 10 aromatic rings. The quantitative estimate of drug-likeness (QED) is 0.172. The molecule has 2 nitrogen and oxygen atoms in total. The van der Waals surface area contributed by atoms with E-state index in [4.69, 9.17) is 9.97 Å². The lowest BCUT2D eigenvalue weighted by atomic mass is 9.94. The van der Waals surface area contributed by atoms with Crippen molar-refractivity contribution in [3.05, 3.63) is 194 Å². The van der Waals surface area contributed by atoms with Crippen LogP contribution in [-0.4, -0.2) is 9.97 Å². The van der Waals surface area contributed by atoms with Gasteiger partial charge >= 0.3 is 0 Å². The maximum absolute atomic E-state index is 5.39. The Kier molecular flexibility index (Phi) is 7.18. The first-order chi connectivity index (χ1) is 25.7. The molecule has 0 radical (unpaired) electrons. The molecule has 0 aliphatic rings. The molecule has 0 N–H and O–H groups in total. The summed E-state index contributed by atoms with van der Waals surface area (Å²) >= 11 is 0. The summed E-state index contributed by atoms with van der Waals surface area (Å²) in [5.41, 5.74) is 13.2. The van der Waals surface area contributed by atoms with Gasteiger partial charge < -0.3 is 0 Å². The van der Waals surface area contributed by atoms with Gasteiger partial charge in [-0.15, -0.1) is 0 Å². The summed E-state index contributed by atoms with van der Waals surface area (Å²) in [7, 11) is 0. The summed E-state index contributed by atoms with van der Waals surface area (Å²) in [6.07, 6.45) is 0. The van der Waals surface area contributed by atoms with E-state index in [0.717, 1.165) is 55.1 Å². The summed E-state index contributed by atoms with van der Waals surface area (Å²) in [5, 5.41) is 6.96. The molecular formula is C50H32N2. The molecular weight excluding hydrogens is 629 g/mol. The highest BCUT2D eigenvalue weighted by atomic mass is 14.7. The Morgan fingerprint density at radius 3 is 1.31 bits per heavy atom. The number of hydrogen-bond donors (Lipinski definition) is 0. The van der Waals surface area contributed by atoms with Crippen molar-refractivity contribution in [2.45, 2.75) is 0 Å². The highest BCUT2D eigenvalue weighted by Gasteiger charge is 2.14. The number of fused-ring (bicyclic) bond motifs is 6. The molecule has 0 spiro atoms. The van der Waals surface area contributed by atoms with Crippen LogP contribution in [0, 0.1) is 0 Å². The smallest absolute Gasteiger partial charge is 0.0794 e. The van der Waals surface area contributed by atoms with E-state index in [1.807, 2.05) is 0 Å². The predicted molar refractivity (Wildman–Crippen MR) is 219 cm³/mol. The topological polar surface area (TPSA) is 25.8 Å². The number of aromatic nitrogens is 2. The average molecular weight is 661 g/mol. The molecule has 0 unspecified atom stereocenters. The minimum Gasteiger partial charge on any atom is -0.247 e. The van der Waals surface area contributed by atoms with Crippen molar-refractivity contribution in [2.75, 3.05) is 0 Å². The van der Waals surface area contributed by atoms with Crippen LogP contribution in [0.1, 0.15) is 0 Å². The van der Waals surface area contributed by atoms with Crippen molar-refractivity contribution in [2.24, 2.45) is 0 Å². The lowest BCUT2D eigenvalue weighted by Crippen LogP contribution is -1.92. The first kappa shape index (κ1) is 30.0. The summed E-state index contributed by atoms with van der Waals surface area (Å²) in [4.78, 5) is 10.6. The van der Waals surface area contributed by atoms with Crippen LogP contribution in [0.25, 0.3) is 99.2 Å². The SMILES string of the molecule is c1ccc(-c2ccc3ccc4ccc(-c5ccc(-c6cc(-c7ccccc7)c7ccc8ccc(-c9ccccc9)cc8c7n6)cc5)nc4c3c2)cc1. The molecule has 0 aliphatic heterocycles. The van der Waals surface area contributed by atoms with E-state index < -0.39 is 0 Å². The molecule has 10 rings (SSSR count). The fourth-order valence-corrected chi connectivity index (χ4v) is 7.51. The zero-order valence-corrected chi connectivity index (χ0v) is 28.4. The number of pyridine rings is 2. The van der Waals surface area contributed by atoms with Crippen LogP contribution < -0.4 is 0 Å². The Hall–Kier alpha value is -6.90. The largest absolute Gasteiger partial charge is 0.247 e. The molecule has 0 atom stereocenters. The number of benzene rings is 8. The molecule has 2 heteroatoms. The minimum atomic E-state index is 0.946. The van der Waals surface area contributed by atoms with Gasteiger partial charge in [0.15, 0.2) is 0 Å². The molecule has 0 bridgehead atoms. The molecule has 2 aromatic heterocycles. The zero-order chi connectivity index (χ0) is 34.4. The van der Waals surface area contributed by atoms with Crippen LogP contribution in [0.15, 0.2) is 194 Å². The van der Waals surface area contributed by atoms with Gasteiger partial charge in [0.2, 0.25) is 0 Å². The van der Waals surface area contributed by atoms with Crippen molar-refractivity contribution in [3.63, 3.8) is 0 Å². The van der Waals surface area contributed by atoms with Crippen LogP contribution in [0.3, 0.4) is 0 Å².